The lowest BCUT2D eigenvalue weighted by Crippen LogP contribution is -2.44. The number of nitrogens with zero attached hydrogens (tertiary/aromatic N) is 3. The Hall–Kier alpha value is -4.29. The second-order valence-electron chi connectivity index (χ2n) is 10.3. The van der Waals surface area contributed by atoms with Gasteiger partial charge in [0.15, 0.2) is 5.84 Å². The number of nitrogens with two attached hydrogens (primary N) is 1. The highest BCUT2D eigenvalue weighted by atomic mass is 19.1. The van der Waals surface area contributed by atoms with Crippen LogP contribution in [0.2, 0.25) is 0 Å². The van der Waals surface area contributed by atoms with Gasteiger partial charge in [-0.05, 0) is 62.4 Å². The van der Waals surface area contributed by atoms with Crippen LogP contribution in [0.3, 0.4) is 0 Å². The summed E-state index contributed by atoms with van der Waals surface area (Å²) in [4.78, 5) is 22.4. The van der Waals surface area contributed by atoms with Crippen molar-refractivity contribution >= 4 is 40.3 Å². The van der Waals surface area contributed by atoms with Gasteiger partial charge in [-0.2, -0.15) is 0 Å². The molecule has 2 fully saturated rings. The SMILES string of the molecule is CN1CCN(c2ccc(C(=O)NC(=N)c3nc(Nc4cc(F)cc(F)c4)ccc3N)c(NC3CCOCC3)c2)CC1. The van der Waals surface area contributed by atoms with Crippen LogP contribution in [-0.2, 0) is 4.74 Å². The number of nitrogens with one attached hydrogen (secondary N) is 4. The second kappa shape index (κ2) is 12.5. The van der Waals surface area contributed by atoms with Crippen molar-refractivity contribution in [3.63, 3.8) is 0 Å². The fourth-order valence-corrected chi connectivity index (χ4v) is 4.93. The Kier molecular flexibility index (Phi) is 8.60. The van der Waals surface area contributed by atoms with Gasteiger partial charge in [-0.3, -0.25) is 10.2 Å². The number of anilines is 5. The fraction of sp³-hybridized carbons (Fsp3) is 0.345. The van der Waals surface area contributed by atoms with Crippen molar-refractivity contribution in [3.8, 4) is 0 Å². The number of piperazine rings is 1. The molecule has 0 spiro atoms. The zero-order valence-electron chi connectivity index (χ0n) is 22.8. The van der Waals surface area contributed by atoms with E-state index in [1.54, 1.807) is 6.07 Å². The monoisotopic (exact) mass is 564 g/mol. The lowest BCUT2D eigenvalue weighted by atomic mass is 10.1. The van der Waals surface area contributed by atoms with Gasteiger partial charge in [-0.15, -0.1) is 0 Å². The number of amidine groups is 1. The standard InChI is InChI=1S/C29H34F2N8O2/c1-38-8-10-39(11-9-38)22-2-3-23(25(17-22)34-20-6-12-41-13-7-20)29(40)37-28(33)27-24(32)4-5-26(36-27)35-21-15-18(30)14-19(31)16-21/h2-5,14-17,20,34H,6-13,32H2,1H3,(H,35,36)(H2,33,37,40). The van der Waals surface area contributed by atoms with E-state index in [1.165, 1.54) is 12.1 Å². The van der Waals surface area contributed by atoms with Gasteiger partial charge in [-0.1, -0.05) is 0 Å². The van der Waals surface area contributed by atoms with Crippen LogP contribution in [0.15, 0.2) is 48.5 Å². The first-order valence-corrected chi connectivity index (χ1v) is 13.6. The number of aromatic nitrogens is 1. The number of benzene rings is 2. The molecule has 6 N–H and O–H groups in total. The number of carbonyl (C=O) groups excluding carboxylic acids is 1. The van der Waals surface area contributed by atoms with Gasteiger partial charge < -0.3 is 36.2 Å². The maximum absolute atomic E-state index is 13.6. The van der Waals surface area contributed by atoms with Gasteiger partial charge in [0.2, 0.25) is 0 Å². The molecule has 3 heterocycles. The van der Waals surface area contributed by atoms with E-state index in [0.717, 1.165) is 62.9 Å². The van der Waals surface area contributed by atoms with Crippen molar-refractivity contribution in [2.75, 3.05) is 67.7 Å². The van der Waals surface area contributed by atoms with Gasteiger partial charge in [-0.25, -0.2) is 13.8 Å². The molecule has 0 atom stereocenters. The van der Waals surface area contributed by atoms with Gasteiger partial charge in [0.1, 0.15) is 23.1 Å². The number of carbonyl (C=O) groups is 1. The predicted molar refractivity (Wildman–Crippen MR) is 156 cm³/mol. The summed E-state index contributed by atoms with van der Waals surface area (Å²) in [5.74, 6) is -2.07. The summed E-state index contributed by atoms with van der Waals surface area (Å²) in [5.41, 5.74) is 8.51. The van der Waals surface area contributed by atoms with Gasteiger partial charge in [0.25, 0.3) is 5.91 Å². The third-order valence-electron chi connectivity index (χ3n) is 7.23. The minimum Gasteiger partial charge on any atom is -0.397 e. The Morgan fingerprint density at radius 1 is 1.02 bits per heavy atom. The Morgan fingerprint density at radius 3 is 2.44 bits per heavy atom. The molecule has 0 bridgehead atoms. The minimum atomic E-state index is -0.744. The van der Waals surface area contributed by atoms with E-state index in [2.05, 4.69) is 37.8 Å². The number of hydrogen-bond donors (Lipinski definition) is 5. The molecule has 5 rings (SSSR count). The summed E-state index contributed by atoms with van der Waals surface area (Å²) in [6, 6.07) is 11.9. The van der Waals surface area contributed by atoms with E-state index in [-0.39, 0.29) is 34.8 Å². The average Bonchev–Trinajstić information content (AvgIpc) is 2.94. The first-order chi connectivity index (χ1) is 19.7. The molecule has 0 saturated carbocycles. The molecule has 0 aliphatic carbocycles. The molecule has 216 valence electrons. The third kappa shape index (κ3) is 7.08. The maximum atomic E-state index is 13.6. The lowest BCUT2D eigenvalue weighted by Gasteiger charge is -2.34. The highest BCUT2D eigenvalue weighted by Crippen LogP contribution is 2.27. The van der Waals surface area contributed by atoms with Crippen molar-refractivity contribution in [2.45, 2.75) is 18.9 Å². The summed E-state index contributed by atoms with van der Waals surface area (Å²) in [5, 5.41) is 17.5. The van der Waals surface area contributed by atoms with Crippen LogP contribution in [0.25, 0.3) is 0 Å². The molecule has 12 heteroatoms. The molecule has 2 saturated heterocycles. The molecule has 2 aromatic carbocycles. The number of hydrogen-bond acceptors (Lipinski definition) is 9. The second-order valence-corrected chi connectivity index (χ2v) is 10.3. The zero-order chi connectivity index (χ0) is 28.9. The quantitative estimate of drug-likeness (QED) is 0.216. The van der Waals surface area contributed by atoms with Crippen LogP contribution in [-0.4, -0.2) is 74.1 Å². The van der Waals surface area contributed by atoms with Crippen molar-refractivity contribution in [2.24, 2.45) is 0 Å². The van der Waals surface area contributed by atoms with E-state index in [9.17, 15) is 13.6 Å². The van der Waals surface area contributed by atoms with E-state index in [4.69, 9.17) is 15.9 Å². The van der Waals surface area contributed by atoms with Crippen LogP contribution >= 0.6 is 0 Å². The van der Waals surface area contributed by atoms with Gasteiger partial charge >= 0.3 is 0 Å². The van der Waals surface area contributed by atoms with Crippen LogP contribution in [0.4, 0.5) is 37.3 Å². The Bertz CT molecular complexity index is 1400. The summed E-state index contributed by atoms with van der Waals surface area (Å²) >= 11 is 0. The van der Waals surface area contributed by atoms with E-state index in [0.29, 0.717) is 24.5 Å². The van der Waals surface area contributed by atoms with E-state index in [1.807, 2.05) is 12.1 Å². The van der Waals surface area contributed by atoms with Crippen molar-refractivity contribution in [3.05, 3.63) is 71.4 Å². The highest BCUT2D eigenvalue weighted by molar-refractivity contribution is 6.14. The normalized spacial score (nSPS) is 16.3. The molecule has 2 aliphatic rings. The molecule has 3 aromatic rings. The Morgan fingerprint density at radius 2 is 1.73 bits per heavy atom. The Balaban J connectivity index is 1.35. The molecule has 0 unspecified atom stereocenters. The maximum Gasteiger partial charge on any atom is 0.258 e. The van der Waals surface area contributed by atoms with Crippen LogP contribution < -0.4 is 26.6 Å². The topological polar surface area (TPSA) is 132 Å². The molecule has 10 nitrogen and oxygen atoms in total. The van der Waals surface area contributed by atoms with Crippen LogP contribution in [0.5, 0.6) is 0 Å². The number of likely N-dealkylation sites (N-methyl/N-ethyl adjacent to an activating group) is 1. The predicted octanol–water partition coefficient (Wildman–Crippen LogP) is 3.78. The lowest BCUT2D eigenvalue weighted by molar-refractivity contribution is 0.0904. The zero-order valence-corrected chi connectivity index (χ0v) is 22.8. The first-order valence-electron chi connectivity index (χ1n) is 13.6. The highest BCUT2D eigenvalue weighted by Gasteiger charge is 2.22. The number of amides is 1. The first kappa shape index (κ1) is 28.2. The minimum absolute atomic E-state index is 0.0215. The van der Waals surface area contributed by atoms with E-state index < -0.39 is 17.5 Å². The van der Waals surface area contributed by atoms with E-state index >= 15 is 0 Å². The molecule has 41 heavy (non-hydrogen) atoms. The smallest absolute Gasteiger partial charge is 0.258 e. The third-order valence-corrected chi connectivity index (χ3v) is 7.23. The molecule has 1 amide bonds. The van der Waals surface area contributed by atoms with Gasteiger partial charge in [0, 0.05) is 68.6 Å². The number of ether oxygens (including phenoxy) is 1. The van der Waals surface area contributed by atoms with Gasteiger partial charge in [0.05, 0.1) is 11.3 Å². The summed E-state index contributed by atoms with van der Waals surface area (Å²) in [6.45, 7) is 5.00. The van der Waals surface area contributed by atoms with Crippen molar-refractivity contribution < 1.29 is 18.3 Å². The molecular weight excluding hydrogens is 530 g/mol. The van der Waals surface area contributed by atoms with Crippen LogP contribution in [0, 0.1) is 17.0 Å². The number of pyridine rings is 1. The van der Waals surface area contributed by atoms with Crippen molar-refractivity contribution in [1.29, 1.82) is 5.41 Å². The fourth-order valence-electron chi connectivity index (χ4n) is 4.93. The number of halogens is 2. The summed E-state index contributed by atoms with van der Waals surface area (Å²) < 4.78 is 32.7. The summed E-state index contributed by atoms with van der Waals surface area (Å²) in [6.07, 6.45) is 1.65. The average molecular weight is 565 g/mol. The largest absolute Gasteiger partial charge is 0.397 e. The Labute approximate surface area is 237 Å². The summed E-state index contributed by atoms with van der Waals surface area (Å²) in [7, 11) is 2.10. The van der Waals surface area contributed by atoms with Crippen LogP contribution in [0.1, 0.15) is 28.9 Å². The van der Waals surface area contributed by atoms with Crippen molar-refractivity contribution in [1.82, 2.24) is 15.2 Å². The number of nitrogen functional groups attached to an aromatic ring is 1. The molecular formula is C29H34F2N8O2. The number of rotatable bonds is 7. The molecule has 1 aromatic heterocycles. The molecule has 2 aliphatic heterocycles. The molecule has 0 radical (unpaired) electrons.